The highest BCUT2D eigenvalue weighted by Crippen LogP contribution is 2.18. The van der Waals surface area contributed by atoms with Crippen LogP contribution in [0.2, 0.25) is 0 Å². The van der Waals surface area contributed by atoms with Gasteiger partial charge in [-0.2, -0.15) is 0 Å². The standard InChI is InChI=1S/C14H26O4/c1-3-5-7-16-11-13-9-12(10-14(15)18-13)17-8-6-4-2/h12-13H,3-11H2,1-2H3/t12-,13?/m0/s1. The summed E-state index contributed by atoms with van der Waals surface area (Å²) in [6.45, 7) is 6.23. The van der Waals surface area contributed by atoms with Crippen molar-refractivity contribution in [2.24, 2.45) is 0 Å². The summed E-state index contributed by atoms with van der Waals surface area (Å²) < 4.78 is 16.5. The SMILES string of the molecule is CCCCOCC1C[C@H](OCCCC)CC(=O)O1. The number of hydrogen-bond acceptors (Lipinski definition) is 4. The van der Waals surface area contributed by atoms with Gasteiger partial charge in [0.1, 0.15) is 6.10 Å². The quantitative estimate of drug-likeness (QED) is 0.471. The maximum Gasteiger partial charge on any atom is 0.308 e. The van der Waals surface area contributed by atoms with Crippen LogP contribution in [-0.4, -0.2) is 38.0 Å². The summed E-state index contributed by atoms with van der Waals surface area (Å²) in [5.74, 6) is -0.160. The fraction of sp³-hybridized carbons (Fsp3) is 0.929. The van der Waals surface area contributed by atoms with E-state index < -0.39 is 0 Å². The normalized spacial score (nSPS) is 24.0. The summed E-state index contributed by atoms with van der Waals surface area (Å²) >= 11 is 0. The minimum atomic E-state index is -0.160. The van der Waals surface area contributed by atoms with E-state index in [2.05, 4.69) is 13.8 Å². The van der Waals surface area contributed by atoms with Crippen molar-refractivity contribution in [2.45, 2.75) is 64.6 Å². The first-order valence-electron chi connectivity index (χ1n) is 7.15. The smallest absolute Gasteiger partial charge is 0.308 e. The van der Waals surface area contributed by atoms with Crippen molar-refractivity contribution < 1.29 is 19.0 Å². The minimum Gasteiger partial charge on any atom is -0.460 e. The van der Waals surface area contributed by atoms with E-state index in [1.165, 1.54) is 0 Å². The van der Waals surface area contributed by atoms with Crippen LogP contribution in [0.15, 0.2) is 0 Å². The number of rotatable bonds is 9. The maximum absolute atomic E-state index is 11.4. The van der Waals surface area contributed by atoms with Crippen LogP contribution >= 0.6 is 0 Å². The molecule has 0 bridgehead atoms. The van der Waals surface area contributed by atoms with E-state index in [9.17, 15) is 4.79 Å². The third kappa shape index (κ3) is 6.36. The van der Waals surface area contributed by atoms with Crippen LogP contribution in [0.5, 0.6) is 0 Å². The fourth-order valence-corrected chi connectivity index (χ4v) is 1.93. The molecule has 1 aliphatic heterocycles. The van der Waals surface area contributed by atoms with Gasteiger partial charge in [-0.3, -0.25) is 4.79 Å². The predicted octanol–water partition coefficient (Wildman–Crippen LogP) is 2.69. The van der Waals surface area contributed by atoms with E-state index in [1.807, 2.05) is 0 Å². The number of esters is 1. The molecule has 1 heterocycles. The Balaban J connectivity index is 2.20. The summed E-state index contributed by atoms with van der Waals surface area (Å²) in [6.07, 6.45) is 5.36. The minimum absolute atomic E-state index is 0.0116. The molecule has 0 radical (unpaired) electrons. The van der Waals surface area contributed by atoms with Crippen LogP contribution in [-0.2, 0) is 19.0 Å². The molecule has 1 rings (SSSR count). The summed E-state index contributed by atoms with van der Waals surface area (Å²) in [4.78, 5) is 11.4. The van der Waals surface area contributed by atoms with Gasteiger partial charge in [-0.15, -0.1) is 0 Å². The van der Waals surface area contributed by atoms with Gasteiger partial charge >= 0.3 is 5.97 Å². The molecule has 0 aliphatic carbocycles. The molecule has 18 heavy (non-hydrogen) atoms. The zero-order chi connectivity index (χ0) is 13.2. The van der Waals surface area contributed by atoms with Crippen LogP contribution in [0, 0.1) is 0 Å². The number of cyclic esters (lactones) is 1. The Morgan fingerprint density at radius 3 is 2.67 bits per heavy atom. The van der Waals surface area contributed by atoms with Gasteiger partial charge in [-0.25, -0.2) is 0 Å². The molecule has 0 saturated carbocycles. The van der Waals surface area contributed by atoms with Crippen LogP contribution in [0.1, 0.15) is 52.4 Å². The van der Waals surface area contributed by atoms with Crippen LogP contribution < -0.4 is 0 Å². The Hall–Kier alpha value is -0.610. The molecule has 106 valence electrons. The van der Waals surface area contributed by atoms with Gasteiger partial charge < -0.3 is 14.2 Å². The molecule has 4 nitrogen and oxygen atoms in total. The lowest BCUT2D eigenvalue weighted by Gasteiger charge is -2.28. The third-order valence-electron chi connectivity index (χ3n) is 3.02. The molecule has 0 N–H and O–H groups in total. The first-order valence-corrected chi connectivity index (χ1v) is 7.15. The van der Waals surface area contributed by atoms with Gasteiger partial charge in [0.05, 0.1) is 19.1 Å². The second kappa shape index (κ2) is 9.34. The highest BCUT2D eigenvalue weighted by Gasteiger charge is 2.29. The summed E-state index contributed by atoms with van der Waals surface area (Å²) in [5, 5.41) is 0. The van der Waals surface area contributed by atoms with Gasteiger partial charge in [0.15, 0.2) is 0 Å². The molecule has 1 saturated heterocycles. The molecular weight excluding hydrogens is 232 g/mol. The lowest BCUT2D eigenvalue weighted by Crippen LogP contribution is -2.37. The van der Waals surface area contributed by atoms with Crippen molar-refractivity contribution in [3.05, 3.63) is 0 Å². The van der Waals surface area contributed by atoms with Crippen molar-refractivity contribution in [1.82, 2.24) is 0 Å². The molecule has 1 aliphatic rings. The molecule has 4 heteroatoms. The first-order chi connectivity index (χ1) is 8.76. The number of carbonyl (C=O) groups excluding carboxylic acids is 1. The molecule has 0 aromatic heterocycles. The molecule has 0 aromatic carbocycles. The second-order valence-electron chi connectivity index (χ2n) is 4.83. The number of unbranched alkanes of at least 4 members (excludes halogenated alkanes) is 2. The number of ether oxygens (including phenoxy) is 3. The third-order valence-corrected chi connectivity index (χ3v) is 3.02. The van der Waals surface area contributed by atoms with Gasteiger partial charge in [-0.05, 0) is 12.8 Å². The van der Waals surface area contributed by atoms with E-state index >= 15 is 0 Å². The average Bonchev–Trinajstić information content (AvgIpc) is 2.34. The highest BCUT2D eigenvalue weighted by atomic mass is 16.6. The zero-order valence-corrected chi connectivity index (χ0v) is 11.7. The Kier molecular flexibility index (Phi) is 8.01. The first kappa shape index (κ1) is 15.4. The summed E-state index contributed by atoms with van der Waals surface area (Å²) in [7, 11) is 0. The Morgan fingerprint density at radius 1 is 1.22 bits per heavy atom. The van der Waals surface area contributed by atoms with Crippen molar-refractivity contribution in [3.63, 3.8) is 0 Å². The maximum atomic E-state index is 11.4. The van der Waals surface area contributed by atoms with Gasteiger partial charge in [0.25, 0.3) is 0 Å². The predicted molar refractivity (Wildman–Crippen MR) is 69.5 cm³/mol. The molecule has 0 aromatic rings. The Morgan fingerprint density at radius 2 is 1.94 bits per heavy atom. The topological polar surface area (TPSA) is 44.8 Å². The van der Waals surface area contributed by atoms with Crippen molar-refractivity contribution in [3.8, 4) is 0 Å². The molecule has 1 fully saturated rings. The van der Waals surface area contributed by atoms with E-state index in [-0.39, 0.29) is 18.2 Å². The van der Waals surface area contributed by atoms with Crippen LogP contribution in [0.4, 0.5) is 0 Å². The molecular formula is C14H26O4. The molecule has 0 spiro atoms. The monoisotopic (exact) mass is 258 g/mol. The fourth-order valence-electron chi connectivity index (χ4n) is 1.93. The van der Waals surface area contributed by atoms with Crippen molar-refractivity contribution in [1.29, 1.82) is 0 Å². The summed E-state index contributed by atoms with van der Waals surface area (Å²) in [5.41, 5.74) is 0. The van der Waals surface area contributed by atoms with Gasteiger partial charge in [0.2, 0.25) is 0 Å². The molecule has 0 amide bonds. The van der Waals surface area contributed by atoms with Gasteiger partial charge in [-0.1, -0.05) is 26.7 Å². The zero-order valence-electron chi connectivity index (χ0n) is 11.7. The second-order valence-corrected chi connectivity index (χ2v) is 4.83. The lowest BCUT2D eigenvalue weighted by atomic mass is 10.1. The van der Waals surface area contributed by atoms with E-state index in [1.54, 1.807) is 0 Å². The Labute approximate surface area is 110 Å². The van der Waals surface area contributed by atoms with Crippen molar-refractivity contribution in [2.75, 3.05) is 19.8 Å². The van der Waals surface area contributed by atoms with E-state index in [4.69, 9.17) is 14.2 Å². The number of hydrogen-bond donors (Lipinski definition) is 0. The Bertz CT molecular complexity index is 230. The highest BCUT2D eigenvalue weighted by molar-refractivity contribution is 5.71. The van der Waals surface area contributed by atoms with E-state index in [0.717, 1.165) is 45.3 Å². The van der Waals surface area contributed by atoms with E-state index in [0.29, 0.717) is 13.0 Å². The summed E-state index contributed by atoms with van der Waals surface area (Å²) in [6, 6.07) is 0. The lowest BCUT2D eigenvalue weighted by molar-refractivity contribution is -0.167. The van der Waals surface area contributed by atoms with Crippen LogP contribution in [0.3, 0.4) is 0 Å². The van der Waals surface area contributed by atoms with Gasteiger partial charge in [0, 0.05) is 19.6 Å². The van der Waals surface area contributed by atoms with Crippen molar-refractivity contribution >= 4 is 5.97 Å². The molecule has 2 atom stereocenters. The number of carbonyl (C=O) groups is 1. The largest absolute Gasteiger partial charge is 0.460 e. The molecule has 1 unspecified atom stereocenters. The van der Waals surface area contributed by atoms with Crippen LogP contribution in [0.25, 0.3) is 0 Å². The average molecular weight is 258 g/mol.